The summed E-state index contributed by atoms with van der Waals surface area (Å²) in [7, 11) is -2.26. The fourth-order valence-electron chi connectivity index (χ4n) is 7.79. The molecule has 1 fully saturated rings. The number of sulfone groups is 1. The number of aryl methyl sites for hydroxylation is 1. The fourth-order valence-corrected chi connectivity index (χ4v) is 8.70. The Bertz CT molecular complexity index is 2420. The predicted octanol–water partition coefficient (Wildman–Crippen LogP) is 2.90. The maximum absolute atomic E-state index is 13.9. The Morgan fingerprint density at radius 2 is 1.45 bits per heavy atom. The third-order valence-electron chi connectivity index (χ3n) is 10.8. The van der Waals surface area contributed by atoms with E-state index in [1.807, 2.05) is 0 Å². The van der Waals surface area contributed by atoms with Crippen LogP contribution in [-0.4, -0.2) is 144 Å². The summed E-state index contributed by atoms with van der Waals surface area (Å²) in [6.07, 6.45) is 3.10. The van der Waals surface area contributed by atoms with Crippen molar-refractivity contribution in [1.82, 2.24) is 15.1 Å². The number of nitrogens with one attached hydrogen (secondary N) is 2. The molecule has 3 aromatic rings. The summed E-state index contributed by atoms with van der Waals surface area (Å²) in [4.78, 5) is 92.6. The number of fused-ring (bicyclic) bond motifs is 2. The Morgan fingerprint density at radius 1 is 0.785 bits per heavy atom. The predicted molar refractivity (Wildman–Crippen MR) is 232 cm³/mol. The van der Waals surface area contributed by atoms with Crippen LogP contribution in [0.4, 0.5) is 5.69 Å². The summed E-state index contributed by atoms with van der Waals surface area (Å²) in [5.74, 6) is -4.03. The third kappa shape index (κ3) is 11.8. The molecular formula is C45H52N4O15S. The van der Waals surface area contributed by atoms with Crippen LogP contribution in [0.3, 0.4) is 0 Å². The van der Waals surface area contributed by atoms with Gasteiger partial charge in [0.15, 0.2) is 11.5 Å². The maximum Gasteiger partial charge on any atom is 0.264 e. The molecule has 3 heterocycles. The monoisotopic (exact) mass is 920 g/mol. The average molecular weight is 921 g/mol. The van der Waals surface area contributed by atoms with Crippen molar-refractivity contribution in [2.75, 3.05) is 83.9 Å². The first-order valence-corrected chi connectivity index (χ1v) is 23.2. The summed E-state index contributed by atoms with van der Waals surface area (Å²) in [5, 5.41) is 4.83. The number of methoxy groups -OCH3 is 1. The van der Waals surface area contributed by atoms with Gasteiger partial charge in [0.2, 0.25) is 17.7 Å². The minimum atomic E-state index is -3.71. The lowest BCUT2D eigenvalue weighted by Gasteiger charge is -2.27. The summed E-state index contributed by atoms with van der Waals surface area (Å²) in [6, 6.07) is 12.0. The zero-order valence-corrected chi connectivity index (χ0v) is 37.2. The molecule has 65 heavy (non-hydrogen) atoms. The van der Waals surface area contributed by atoms with Gasteiger partial charge in [-0.2, -0.15) is 0 Å². The molecule has 2 N–H and O–H groups in total. The number of benzene rings is 3. The van der Waals surface area contributed by atoms with E-state index < -0.39 is 69.0 Å². The molecule has 6 rings (SSSR count). The largest absolute Gasteiger partial charge is 0.493 e. The van der Waals surface area contributed by atoms with Crippen LogP contribution in [-0.2, 0) is 49.6 Å². The van der Waals surface area contributed by atoms with E-state index in [1.165, 1.54) is 25.3 Å². The number of carbonyl (C=O) groups excluding carboxylic acids is 7. The van der Waals surface area contributed by atoms with Gasteiger partial charge < -0.3 is 33.7 Å². The molecule has 0 saturated carbocycles. The lowest BCUT2D eigenvalue weighted by Crippen LogP contribution is -2.54. The van der Waals surface area contributed by atoms with Gasteiger partial charge in [-0.25, -0.2) is 8.42 Å². The zero-order valence-electron chi connectivity index (χ0n) is 36.4. The van der Waals surface area contributed by atoms with Crippen molar-refractivity contribution in [2.45, 2.75) is 51.1 Å². The zero-order chi connectivity index (χ0) is 46.7. The van der Waals surface area contributed by atoms with Crippen LogP contribution in [0.25, 0.3) is 0 Å². The molecule has 3 aliphatic rings. The molecule has 1 unspecified atom stereocenters. The van der Waals surface area contributed by atoms with Gasteiger partial charge in [0.25, 0.3) is 23.6 Å². The topological polar surface area (TPSA) is 240 Å². The van der Waals surface area contributed by atoms with Crippen LogP contribution in [0, 0.1) is 0 Å². The molecule has 0 aliphatic carbocycles. The first kappa shape index (κ1) is 48.4. The van der Waals surface area contributed by atoms with Gasteiger partial charge in [-0.3, -0.25) is 48.7 Å². The highest BCUT2D eigenvalue weighted by atomic mass is 32.2. The Balaban J connectivity index is 0.850. The molecule has 1 saturated heterocycles. The van der Waals surface area contributed by atoms with E-state index in [0.717, 1.165) is 21.6 Å². The van der Waals surface area contributed by atoms with Crippen molar-refractivity contribution in [3.8, 4) is 11.5 Å². The molecule has 3 aromatic carbocycles. The molecule has 0 spiro atoms. The fraction of sp³-hybridized carbons (Fsp3) is 0.444. The molecule has 19 nitrogen and oxygen atoms in total. The molecule has 3 aliphatic heterocycles. The Morgan fingerprint density at radius 3 is 2.11 bits per heavy atom. The van der Waals surface area contributed by atoms with Crippen molar-refractivity contribution >= 4 is 56.9 Å². The highest BCUT2D eigenvalue weighted by Crippen LogP contribution is 2.39. The van der Waals surface area contributed by atoms with E-state index in [2.05, 4.69) is 10.6 Å². The normalized spacial score (nSPS) is 16.4. The van der Waals surface area contributed by atoms with E-state index in [1.54, 1.807) is 43.3 Å². The van der Waals surface area contributed by atoms with E-state index in [4.69, 9.17) is 28.4 Å². The number of rotatable bonds is 25. The Labute approximate surface area is 375 Å². The van der Waals surface area contributed by atoms with Gasteiger partial charge in [-0.15, -0.1) is 0 Å². The molecule has 20 heteroatoms. The van der Waals surface area contributed by atoms with Crippen molar-refractivity contribution in [2.24, 2.45) is 0 Å². The summed E-state index contributed by atoms with van der Waals surface area (Å²) >= 11 is 0. The number of hydrogen-bond donors (Lipinski definition) is 2. The van der Waals surface area contributed by atoms with Crippen LogP contribution in [0.2, 0.25) is 0 Å². The smallest absolute Gasteiger partial charge is 0.264 e. The first-order valence-electron chi connectivity index (χ1n) is 21.2. The highest BCUT2D eigenvalue weighted by molar-refractivity contribution is 7.90. The van der Waals surface area contributed by atoms with Crippen molar-refractivity contribution in [3.63, 3.8) is 0 Å². The molecule has 2 atom stereocenters. The first-order chi connectivity index (χ1) is 31.2. The SMILES string of the molecule is CCOc1cc([C@@H](CS(C)(=O)=O)N2C(=O)c3cccc(NC(=O)COCCOCCOCCOCCCCc4cccc5c4C(=O)N(C4CCC(=O)NC4=O)C5=O)c3C2=O)ccc1OC. The van der Waals surface area contributed by atoms with Crippen LogP contribution in [0.15, 0.2) is 54.6 Å². The van der Waals surface area contributed by atoms with E-state index in [-0.39, 0.29) is 68.3 Å². The van der Waals surface area contributed by atoms with Crippen LogP contribution in [0.5, 0.6) is 11.5 Å². The second-order valence-electron chi connectivity index (χ2n) is 15.3. The number of ether oxygens (including phenoxy) is 6. The molecule has 0 bridgehead atoms. The molecular weight excluding hydrogens is 869 g/mol. The third-order valence-corrected chi connectivity index (χ3v) is 11.7. The number of imide groups is 3. The van der Waals surface area contributed by atoms with E-state index >= 15 is 0 Å². The average Bonchev–Trinajstić information content (AvgIpc) is 3.68. The minimum absolute atomic E-state index is 0.0125. The summed E-state index contributed by atoms with van der Waals surface area (Å²) < 4.78 is 58.3. The number of nitrogens with zero attached hydrogens (tertiary/aromatic N) is 2. The number of anilines is 1. The second-order valence-corrected chi connectivity index (χ2v) is 17.5. The van der Waals surface area contributed by atoms with Gasteiger partial charge in [0.05, 0.1) is 93.1 Å². The molecule has 7 amide bonds. The number of hydrogen-bond acceptors (Lipinski definition) is 15. The van der Waals surface area contributed by atoms with Gasteiger partial charge >= 0.3 is 0 Å². The van der Waals surface area contributed by atoms with Crippen molar-refractivity contribution in [1.29, 1.82) is 0 Å². The second kappa shape index (κ2) is 22.2. The Kier molecular flexibility index (Phi) is 16.5. The maximum atomic E-state index is 13.9. The van der Waals surface area contributed by atoms with Gasteiger partial charge in [0.1, 0.15) is 22.5 Å². The molecule has 0 radical (unpaired) electrons. The van der Waals surface area contributed by atoms with E-state index in [0.29, 0.717) is 68.3 Å². The lowest BCUT2D eigenvalue weighted by molar-refractivity contribution is -0.136. The molecule has 0 aromatic heterocycles. The quantitative estimate of drug-likeness (QED) is 0.0918. The van der Waals surface area contributed by atoms with Gasteiger partial charge in [-0.05, 0) is 74.1 Å². The summed E-state index contributed by atoms with van der Waals surface area (Å²) in [6.45, 7) is 3.66. The highest BCUT2D eigenvalue weighted by Gasteiger charge is 2.46. The van der Waals surface area contributed by atoms with Crippen molar-refractivity contribution in [3.05, 3.63) is 88.0 Å². The minimum Gasteiger partial charge on any atom is -0.493 e. The van der Waals surface area contributed by atoms with Crippen LogP contribution >= 0.6 is 0 Å². The standard InChI is InChI=1S/C45H52N4O15S/c1-4-64-36-25-29(14-16-35(36)59-2)34(27-65(3,57)58)49-43(54)31-12-8-13-32(40(31)45(49)56)46-38(51)26-63-24-23-62-22-21-61-20-19-60-18-6-5-9-28-10-7-11-30-39(28)44(55)48(42(30)53)33-15-17-37(50)47-41(33)52/h7-8,10-14,16,25,33-34H,4-6,9,15,17-24,26-27H2,1-3H3,(H,46,51)(H,47,50,52)/t33?,34-/m1/s1. The number of piperidine rings is 1. The van der Waals surface area contributed by atoms with Gasteiger partial charge in [-0.1, -0.05) is 24.3 Å². The molecule has 348 valence electrons. The van der Waals surface area contributed by atoms with Crippen molar-refractivity contribution < 1.29 is 70.4 Å². The lowest BCUT2D eigenvalue weighted by atomic mass is 9.98. The summed E-state index contributed by atoms with van der Waals surface area (Å²) in [5.41, 5.74) is 1.64. The van der Waals surface area contributed by atoms with E-state index in [9.17, 15) is 42.0 Å². The van der Waals surface area contributed by atoms with Crippen LogP contribution < -0.4 is 20.1 Å². The number of amides is 7. The number of carbonyl (C=O) groups is 7. The van der Waals surface area contributed by atoms with Crippen LogP contribution in [0.1, 0.15) is 91.2 Å². The van der Waals surface area contributed by atoms with Gasteiger partial charge in [0, 0.05) is 19.3 Å². The number of unbranched alkanes of at least 4 members (excludes halogenated alkanes) is 1. The Hall–Kier alpha value is -6.06.